The Bertz CT molecular complexity index is 802. The van der Waals surface area contributed by atoms with E-state index in [1.54, 1.807) is 0 Å². The number of fused-ring (bicyclic) bond motifs is 3. The van der Waals surface area contributed by atoms with Crippen LogP contribution in [0.5, 0.6) is 0 Å². The minimum Gasteiger partial charge on any atom is -0.129 e. The molecule has 22 heavy (non-hydrogen) atoms. The van der Waals surface area contributed by atoms with E-state index >= 15 is 0 Å². The van der Waals surface area contributed by atoms with E-state index in [1.165, 1.54) is 32.7 Å². The molecule has 0 saturated heterocycles. The van der Waals surface area contributed by atoms with Gasteiger partial charge in [0.15, 0.2) is 0 Å². The van der Waals surface area contributed by atoms with Gasteiger partial charge in [0.1, 0.15) is 0 Å². The van der Waals surface area contributed by atoms with Crippen LogP contribution in [0.25, 0.3) is 11.1 Å². The first-order chi connectivity index (χ1) is 10.8. The predicted octanol–water partition coefficient (Wildman–Crippen LogP) is 5.74. The molecule has 108 valence electrons. The summed E-state index contributed by atoms with van der Waals surface area (Å²) in [7, 11) is 0. The summed E-state index contributed by atoms with van der Waals surface area (Å²) in [5.74, 6) is 0. The Kier molecular flexibility index (Phi) is 3.12. The monoisotopic (exact) mass is 302 g/mol. The lowest BCUT2D eigenvalue weighted by atomic mass is 9.74. The lowest BCUT2D eigenvalue weighted by Gasteiger charge is -2.30. The first-order valence-electron chi connectivity index (χ1n) is 7.59. The molecular formula is C21H18S. The highest BCUT2D eigenvalue weighted by Crippen LogP contribution is 2.53. The molecule has 0 fully saturated rings. The van der Waals surface area contributed by atoms with Crippen molar-refractivity contribution in [3.05, 3.63) is 89.5 Å². The number of benzene rings is 3. The van der Waals surface area contributed by atoms with Gasteiger partial charge < -0.3 is 0 Å². The molecular weight excluding hydrogens is 284 g/mol. The average Bonchev–Trinajstić information content (AvgIpc) is 2.86. The highest BCUT2D eigenvalue weighted by molar-refractivity contribution is 7.98. The van der Waals surface area contributed by atoms with Gasteiger partial charge in [0.2, 0.25) is 0 Å². The van der Waals surface area contributed by atoms with Gasteiger partial charge in [-0.15, -0.1) is 11.8 Å². The third kappa shape index (κ3) is 1.72. The highest BCUT2D eigenvalue weighted by Gasteiger charge is 2.41. The standard InChI is InChI=1S/C21H18S/c1-21(19-13-7-8-14-20(19)22-2)17-11-5-3-9-15(17)16-10-4-6-12-18(16)21/h3-14H,1-2H3. The largest absolute Gasteiger partial charge is 0.129 e. The molecule has 0 amide bonds. The maximum atomic E-state index is 2.37. The van der Waals surface area contributed by atoms with Crippen molar-refractivity contribution in [3.63, 3.8) is 0 Å². The van der Waals surface area contributed by atoms with Crippen LogP contribution in [-0.2, 0) is 5.41 Å². The topological polar surface area (TPSA) is 0 Å². The van der Waals surface area contributed by atoms with Crippen molar-refractivity contribution >= 4 is 11.8 Å². The molecule has 0 bridgehead atoms. The summed E-state index contributed by atoms with van der Waals surface area (Å²) in [6.45, 7) is 2.37. The van der Waals surface area contributed by atoms with Gasteiger partial charge in [-0.05, 0) is 47.1 Å². The van der Waals surface area contributed by atoms with E-state index in [0.717, 1.165) is 0 Å². The van der Waals surface area contributed by atoms with Crippen LogP contribution in [0.4, 0.5) is 0 Å². The molecule has 0 aliphatic heterocycles. The van der Waals surface area contributed by atoms with E-state index in [0.29, 0.717) is 0 Å². The number of thioether (sulfide) groups is 1. The minimum atomic E-state index is -0.0766. The van der Waals surface area contributed by atoms with Gasteiger partial charge in [-0.25, -0.2) is 0 Å². The van der Waals surface area contributed by atoms with Crippen molar-refractivity contribution in [1.29, 1.82) is 0 Å². The van der Waals surface area contributed by atoms with Crippen LogP contribution in [-0.4, -0.2) is 6.26 Å². The van der Waals surface area contributed by atoms with Crippen LogP contribution in [0.2, 0.25) is 0 Å². The summed E-state index contributed by atoms with van der Waals surface area (Å²) in [5.41, 5.74) is 6.90. The van der Waals surface area contributed by atoms with Gasteiger partial charge >= 0.3 is 0 Å². The maximum absolute atomic E-state index is 2.37. The van der Waals surface area contributed by atoms with Crippen molar-refractivity contribution in [2.75, 3.05) is 6.26 Å². The Morgan fingerprint density at radius 3 is 1.64 bits per heavy atom. The summed E-state index contributed by atoms with van der Waals surface area (Å²) < 4.78 is 0. The Labute approximate surface area is 136 Å². The SMILES string of the molecule is CSc1ccccc1C1(C)c2ccccc2-c2ccccc21. The fraction of sp³-hybridized carbons (Fsp3) is 0.143. The van der Waals surface area contributed by atoms with Gasteiger partial charge in [-0.2, -0.15) is 0 Å². The average molecular weight is 302 g/mol. The first-order valence-corrected chi connectivity index (χ1v) is 8.82. The summed E-state index contributed by atoms with van der Waals surface area (Å²) in [6, 6.07) is 26.5. The van der Waals surface area contributed by atoms with Crippen LogP contribution >= 0.6 is 11.8 Å². The highest BCUT2D eigenvalue weighted by atomic mass is 32.2. The zero-order chi connectivity index (χ0) is 15.2. The molecule has 4 rings (SSSR count). The Balaban J connectivity index is 2.10. The van der Waals surface area contributed by atoms with E-state index in [4.69, 9.17) is 0 Å². The quantitative estimate of drug-likeness (QED) is 0.544. The van der Waals surface area contributed by atoms with Crippen molar-refractivity contribution in [2.45, 2.75) is 17.2 Å². The maximum Gasteiger partial charge on any atom is 0.0446 e. The van der Waals surface area contributed by atoms with E-state index < -0.39 is 0 Å². The number of hydrogen-bond acceptors (Lipinski definition) is 1. The van der Waals surface area contributed by atoms with E-state index in [-0.39, 0.29) is 5.41 Å². The molecule has 3 aromatic rings. The fourth-order valence-corrected chi connectivity index (χ4v) is 4.51. The lowest BCUT2D eigenvalue weighted by Crippen LogP contribution is -2.23. The molecule has 0 heterocycles. The van der Waals surface area contributed by atoms with Gasteiger partial charge in [0, 0.05) is 10.3 Å². The van der Waals surface area contributed by atoms with Crippen molar-refractivity contribution in [3.8, 4) is 11.1 Å². The van der Waals surface area contributed by atoms with Crippen LogP contribution in [0.15, 0.2) is 77.7 Å². The second kappa shape index (κ2) is 5.03. The van der Waals surface area contributed by atoms with Crippen molar-refractivity contribution < 1.29 is 0 Å². The molecule has 0 saturated carbocycles. The molecule has 0 radical (unpaired) electrons. The Morgan fingerprint density at radius 1 is 0.636 bits per heavy atom. The Hall–Kier alpha value is -1.99. The minimum absolute atomic E-state index is 0.0766. The normalized spacial score (nSPS) is 14.5. The van der Waals surface area contributed by atoms with Crippen LogP contribution in [0, 0.1) is 0 Å². The third-order valence-electron chi connectivity index (χ3n) is 4.87. The van der Waals surface area contributed by atoms with Gasteiger partial charge in [0.05, 0.1) is 0 Å². The second-order valence-electron chi connectivity index (χ2n) is 5.92. The Morgan fingerprint density at radius 2 is 1.09 bits per heavy atom. The van der Waals surface area contributed by atoms with Crippen LogP contribution < -0.4 is 0 Å². The van der Waals surface area contributed by atoms with Gasteiger partial charge in [0.25, 0.3) is 0 Å². The van der Waals surface area contributed by atoms with E-state index in [9.17, 15) is 0 Å². The smallest absolute Gasteiger partial charge is 0.0446 e. The molecule has 1 heteroatoms. The van der Waals surface area contributed by atoms with Gasteiger partial charge in [-0.1, -0.05) is 66.7 Å². The molecule has 0 N–H and O–H groups in total. The molecule has 0 unspecified atom stereocenters. The zero-order valence-corrected chi connectivity index (χ0v) is 13.7. The first kappa shape index (κ1) is 13.7. The summed E-state index contributed by atoms with van der Waals surface area (Å²) >= 11 is 1.83. The summed E-state index contributed by atoms with van der Waals surface area (Å²) in [5, 5.41) is 0. The molecule has 0 spiro atoms. The zero-order valence-electron chi connectivity index (χ0n) is 12.8. The molecule has 1 aliphatic rings. The number of hydrogen-bond donors (Lipinski definition) is 0. The van der Waals surface area contributed by atoms with Gasteiger partial charge in [-0.3, -0.25) is 0 Å². The third-order valence-corrected chi connectivity index (χ3v) is 5.66. The molecule has 3 aromatic carbocycles. The van der Waals surface area contributed by atoms with E-state index in [2.05, 4.69) is 86.0 Å². The van der Waals surface area contributed by atoms with E-state index in [1.807, 2.05) is 11.8 Å². The summed E-state index contributed by atoms with van der Waals surface area (Å²) in [6.07, 6.45) is 2.16. The molecule has 0 aromatic heterocycles. The fourth-order valence-electron chi connectivity index (χ4n) is 3.80. The lowest BCUT2D eigenvalue weighted by molar-refractivity contribution is 0.697. The predicted molar refractivity (Wildman–Crippen MR) is 95.7 cm³/mol. The molecule has 1 aliphatic carbocycles. The van der Waals surface area contributed by atoms with Crippen molar-refractivity contribution in [2.24, 2.45) is 0 Å². The molecule has 0 atom stereocenters. The molecule has 0 nitrogen and oxygen atoms in total. The van der Waals surface area contributed by atoms with Crippen LogP contribution in [0.1, 0.15) is 23.6 Å². The summed E-state index contributed by atoms with van der Waals surface area (Å²) in [4.78, 5) is 1.36. The second-order valence-corrected chi connectivity index (χ2v) is 6.76. The van der Waals surface area contributed by atoms with Crippen molar-refractivity contribution in [1.82, 2.24) is 0 Å². The number of rotatable bonds is 2. The van der Waals surface area contributed by atoms with Crippen LogP contribution in [0.3, 0.4) is 0 Å².